The van der Waals surface area contributed by atoms with E-state index in [4.69, 9.17) is 4.18 Å². The number of hydrogen-bond donors (Lipinski definition) is 0. The molecule has 4 rings (SSSR count). The predicted octanol–water partition coefficient (Wildman–Crippen LogP) is 4.26. The fourth-order valence-corrected chi connectivity index (χ4v) is 5.16. The number of benzene rings is 2. The molecule has 0 saturated heterocycles. The summed E-state index contributed by atoms with van der Waals surface area (Å²) in [6, 6.07) is 20.8. The van der Waals surface area contributed by atoms with Crippen molar-refractivity contribution >= 4 is 15.7 Å². The van der Waals surface area contributed by atoms with Gasteiger partial charge in [-0.15, -0.1) is 0 Å². The summed E-state index contributed by atoms with van der Waals surface area (Å²) in [5, 5.41) is 0. The standard InChI is InChI=1S/C21H22O3S/c1-25(22,23)24-19-14-17-12-13-18(19)21(17)20(15-8-4-2-5-9-15)16-10-6-3-7-11-16/h2-11,17-19H,12-14H2,1H3. The molecule has 2 fully saturated rings. The van der Waals surface area contributed by atoms with Gasteiger partial charge >= 0.3 is 0 Å². The third-order valence-electron chi connectivity index (χ3n) is 5.34. The molecular weight excluding hydrogens is 332 g/mol. The Morgan fingerprint density at radius 3 is 2.00 bits per heavy atom. The Kier molecular flexibility index (Phi) is 4.26. The van der Waals surface area contributed by atoms with Gasteiger partial charge in [0.1, 0.15) is 0 Å². The third kappa shape index (κ3) is 3.29. The molecule has 0 amide bonds. The van der Waals surface area contributed by atoms with E-state index in [-0.39, 0.29) is 12.0 Å². The van der Waals surface area contributed by atoms with E-state index >= 15 is 0 Å². The second kappa shape index (κ2) is 6.43. The van der Waals surface area contributed by atoms with Gasteiger partial charge in [0, 0.05) is 5.92 Å². The van der Waals surface area contributed by atoms with Gasteiger partial charge in [0.15, 0.2) is 0 Å². The van der Waals surface area contributed by atoms with Crippen LogP contribution < -0.4 is 0 Å². The first-order valence-corrected chi connectivity index (χ1v) is 10.6. The zero-order valence-corrected chi connectivity index (χ0v) is 15.1. The second-order valence-corrected chi connectivity index (χ2v) is 8.62. The van der Waals surface area contributed by atoms with E-state index in [1.807, 2.05) is 12.1 Å². The molecule has 3 atom stereocenters. The van der Waals surface area contributed by atoms with E-state index in [0.29, 0.717) is 5.92 Å². The fraction of sp³-hybridized carbons (Fsp3) is 0.333. The molecule has 2 aromatic rings. The highest BCUT2D eigenvalue weighted by molar-refractivity contribution is 7.86. The lowest BCUT2D eigenvalue weighted by Crippen LogP contribution is -2.23. The summed E-state index contributed by atoms with van der Waals surface area (Å²) >= 11 is 0. The maximum Gasteiger partial charge on any atom is 0.264 e. The van der Waals surface area contributed by atoms with Crippen LogP contribution in [0.5, 0.6) is 0 Å². The van der Waals surface area contributed by atoms with Gasteiger partial charge in [-0.2, -0.15) is 8.42 Å². The lowest BCUT2D eigenvalue weighted by Gasteiger charge is -2.20. The molecule has 4 heteroatoms. The summed E-state index contributed by atoms with van der Waals surface area (Å²) in [4.78, 5) is 0. The van der Waals surface area contributed by atoms with Crippen LogP contribution in [0.2, 0.25) is 0 Å². The van der Waals surface area contributed by atoms with Crippen LogP contribution in [-0.2, 0) is 14.3 Å². The van der Waals surface area contributed by atoms with E-state index in [1.54, 1.807) is 0 Å². The third-order valence-corrected chi connectivity index (χ3v) is 5.94. The lowest BCUT2D eigenvalue weighted by molar-refractivity contribution is 0.150. The average molecular weight is 354 g/mol. The number of fused-ring (bicyclic) bond motifs is 2. The molecule has 130 valence electrons. The Morgan fingerprint density at radius 1 is 0.920 bits per heavy atom. The maximum absolute atomic E-state index is 11.6. The van der Waals surface area contributed by atoms with Crippen molar-refractivity contribution in [2.24, 2.45) is 11.8 Å². The Bertz CT molecular complexity index is 844. The van der Waals surface area contributed by atoms with Crippen LogP contribution in [0.3, 0.4) is 0 Å². The van der Waals surface area contributed by atoms with Gasteiger partial charge in [0.2, 0.25) is 0 Å². The molecule has 2 aliphatic rings. The van der Waals surface area contributed by atoms with Crippen LogP contribution >= 0.6 is 0 Å². The molecule has 0 aliphatic heterocycles. The van der Waals surface area contributed by atoms with Crippen molar-refractivity contribution in [3.8, 4) is 0 Å². The topological polar surface area (TPSA) is 43.4 Å². The highest BCUT2D eigenvalue weighted by Crippen LogP contribution is 2.54. The van der Waals surface area contributed by atoms with Gasteiger partial charge in [-0.25, -0.2) is 0 Å². The molecule has 3 nitrogen and oxygen atoms in total. The summed E-state index contributed by atoms with van der Waals surface area (Å²) in [7, 11) is -3.43. The lowest BCUT2D eigenvalue weighted by atomic mass is 9.88. The van der Waals surface area contributed by atoms with Crippen LogP contribution in [0.4, 0.5) is 0 Å². The van der Waals surface area contributed by atoms with Crippen LogP contribution in [0.25, 0.3) is 5.57 Å². The van der Waals surface area contributed by atoms with E-state index in [0.717, 1.165) is 25.5 Å². The van der Waals surface area contributed by atoms with E-state index < -0.39 is 10.1 Å². The van der Waals surface area contributed by atoms with Gasteiger partial charge in [-0.05, 0) is 41.9 Å². The van der Waals surface area contributed by atoms with Crippen molar-refractivity contribution in [3.05, 3.63) is 77.4 Å². The molecule has 3 unspecified atom stereocenters. The largest absolute Gasteiger partial charge is 0.266 e. The molecule has 2 aromatic carbocycles. The zero-order chi connectivity index (χ0) is 17.4. The van der Waals surface area contributed by atoms with Gasteiger partial charge in [0.25, 0.3) is 10.1 Å². The number of rotatable bonds is 4. The summed E-state index contributed by atoms with van der Waals surface area (Å²) in [5.74, 6) is 0.599. The predicted molar refractivity (Wildman–Crippen MR) is 99.5 cm³/mol. The van der Waals surface area contributed by atoms with Crippen molar-refractivity contribution in [2.45, 2.75) is 25.4 Å². The maximum atomic E-state index is 11.6. The van der Waals surface area contributed by atoms with E-state index in [1.165, 1.54) is 22.3 Å². The molecule has 0 N–H and O–H groups in total. The highest BCUT2D eigenvalue weighted by Gasteiger charge is 2.47. The molecule has 0 heterocycles. The monoisotopic (exact) mass is 354 g/mol. The smallest absolute Gasteiger partial charge is 0.264 e. The summed E-state index contributed by atoms with van der Waals surface area (Å²) in [5.41, 5.74) is 5.03. The van der Waals surface area contributed by atoms with E-state index in [2.05, 4.69) is 48.5 Å². The minimum absolute atomic E-state index is 0.190. The van der Waals surface area contributed by atoms with Crippen molar-refractivity contribution in [2.75, 3.05) is 6.26 Å². The molecule has 0 radical (unpaired) electrons. The molecular formula is C21H22O3S. The summed E-state index contributed by atoms with van der Waals surface area (Å²) in [6.07, 6.45) is 3.86. The van der Waals surface area contributed by atoms with Crippen molar-refractivity contribution in [1.29, 1.82) is 0 Å². The molecule has 2 saturated carbocycles. The zero-order valence-electron chi connectivity index (χ0n) is 14.3. The summed E-state index contributed by atoms with van der Waals surface area (Å²) in [6.45, 7) is 0. The molecule has 0 aromatic heterocycles. The summed E-state index contributed by atoms with van der Waals surface area (Å²) < 4.78 is 28.7. The van der Waals surface area contributed by atoms with Gasteiger partial charge in [0.05, 0.1) is 12.4 Å². The molecule has 2 bridgehead atoms. The normalized spacial score (nSPS) is 25.3. The average Bonchev–Trinajstić information content (AvgIpc) is 3.13. The number of hydrogen-bond acceptors (Lipinski definition) is 3. The Morgan fingerprint density at radius 2 is 1.48 bits per heavy atom. The minimum Gasteiger partial charge on any atom is -0.266 e. The van der Waals surface area contributed by atoms with Crippen LogP contribution in [0, 0.1) is 11.8 Å². The van der Waals surface area contributed by atoms with Crippen LogP contribution in [0.1, 0.15) is 30.4 Å². The quantitative estimate of drug-likeness (QED) is 0.771. The first-order valence-electron chi connectivity index (χ1n) is 8.76. The Hall–Kier alpha value is -1.91. The van der Waals surface area contributed by atoms with Crippen LogP contribution in [0.15, 0.2) is 66.2 Å². The Labute approximate surface area is 149 Å². The fourth-order valence-electron chi connectivity index (χ4n) is 4.50. The SMILES string of the molecule is CS(=O)(=O)OC1CC2CCC1C2=C(c1ccccc1)c1ccccc1. The Balaban J connectivity index is 1.84. The second-order valence-electron chi connectivity index (χ2n) is 7.02. The van der Waals surface area contributed by atoms with Crippen molar-refractivity contribution < 1.29 is 12.6 Å². The van der Waals surface area contributed by atoms with Gasteiger partial charge < -0.3 is 0 Å². The first kappa shape index (κ1) is 16.6. The first-order chi connectivity index (χ1) is 12.0. The van der Waals surface area contributed by atoms with Gasteiger partial charge in [-0.1, -0.05) is 66.2 Å². The molecule has 0 spiro atoms. The highest BCUT2D eigenvalue weighted by atomic mass is 32.2. The minimum atomic E-state index is -3.43. The van der Waals surface area contributed by atoms with Gasteiger partial charge in [-0.3, -0.25) is 4.18 Å². The van der Waals surface area contributed by atoms with Crippen molar-refractivity contribution in [1.82, 2.24) is 0 Å². The van der Waals surface area contributed by atoms with Crippen LogP contribution in [-0.4, -0.2) is 20.8 Å². The van der Waals surface area contributed by atoms with E-state index in [9.17, 15) is 8.42 Å². The molecule has 25 heavy (non-hydrogen) atoms. The van der Waals surface area contributed by atoms with Crippen molar-refractivity contribution in [3.63, 3.8) is 0 Å². The molecule has 2 aliphatic carbocycles.